The number of hydrogen-bond donors (Lipinski definition) is 4. The summed E-state index contributed by atoms with van der Waals surface area (Å²) in [5.41, 5.74) is 1.02. The third-order valence-corrected chi connectivity index (χ3v) is 4.79. The van der Waals surface area contributed by atoms with E-state index in [9.17, 15) is 19.2 Å². The summed E-state index contributed by atoms with van der Waals surface area (Å²) < 4.78 is 0. The lowest BCUT2D eigenvalue weighted by Crippen LogP contribution is -1.85. The molecule has 2 rings (SSSR count). The van der Waals surface area contributed by atoms with Gasteiger partial charge in [0.05, 0.1) is 37.7 Å². The van der Waals surface area contributed by atoms with E-state index in [0.29, 0.717) is 24.5 Å². The van der Waals surface area contributed by atoms with Crippen molar-refractivity contribution in [2.24, 2.45) is 20.0 Å². The lowest BCUT2D eigenvalue weighted by molar-refractivity contribution is 0.186. The number of hydrogen-bond acceptors (Lipinski definition) is 12. The second-order valence-corrected chi connectivity index (χ2v) is 7.72. The first-order valence-electron chi connectivity index (χ1n) is 12.8. The van der Waals surface area contributed by atoms with Gasteiger partial charge >= 0.3 is 0 Å². The first-order chi connectivity index (χ1) is 19.6. The van der Waals surface area contributed by atoms with Crippen LogP contribution in [0.3, 0.4) is 0 Å². The van der Waals surface area contributed by atoms with Crippen LogP contribution in [0.15, 0.2) is 56.4 Å². The molecule has 0 radical (unpaired) electrons. The molecule has 0 aromatic heterocycles. The third kappa shape index (κ3) is 22.1. The summed E-state index contributed by atoms with van der Waals surface area (Å²) in [6, 6.07) is 10.5. The Kier molecular flexibility index (Phi) is 29.9. The Morgan fingerprint density at radius 1 is 0.475 bits per heavy atom. The number of rotatable bonds is 15. The van der Waals surface area contributed by atoms with Crippen molar-refractivity contribution in [2.75, 3.05) is 39.5 Å². The molecule has 0 aliphatic carbocycles. The molecule has 218 valence electrons. The summed E-state index contributed by atoms with van der Waals surface area (Å²) in [5, 5.41) is 33.4. The highest BCUT2D eigenvalue weighted by molar-refractivity contribution is 6.00. The molecule has 0 saturated carbocycles. The van der Waals surface area contributed by atoms with Crippen molar-refractivity contribution in [3.63, 3.8) is 0 Å². The van der Waals surface area contributed by atoms with Crippen LogP contribution in [0.1, 0.15) is 51.4 Å². The van der Waals surface area contributed by atoms with Crippen LogP contribution < -0.4 is 0 Å². The molecule has 0 spiro atoms. The van der Waals surface area contributed by atoms with E-state index in [2.05, 4.69) is 20.0 Å². The maximum Gasteiger partial charge on any atom is 0.240 e. The topological polar surface area (TPSA) is 199 Å². The third-order valence-electron chi connectivity index (χ3n) is 4.79. The van der Waals surface area contributed by atoms with Gasteiger partial charge in [0.25, 0.3) is 0 Å². The molecule has 40 heavy (non-hydrogen) atoms. The highest BCUT2D eigenvalue weighted by Gasteiger charge is 2.03. The van der Waals surface area contributed by atoms with Crippen molar-refractivity contribution in [1.82, 2.24) is 0 Å². The number of aliphatic imine (C=N–C) groups is 4. The molecular formula is C28H38N4O8. The van der Waals surface area contributed by atoms with Crippen molar-refractivity contribution >= 4 is 46.5 Å². The Morgan fingerprint density at radius 2 is 0.850 bits per heavy atom. The fraction of sp³-hybridized carbons (Fsp3) is 0.500. The fourth-order valence-electron chi connectivity index (χ4n) is 2.97. The summed E-state index contributed by atoms with van der Waals surface area (Å²) in [6.45, 7) is 1.43. The minimum Gasteiger partial charge on any atom is -0.396 e. The van der Waals surface area contributed by atoms with Crippen LogP contribution in [-0.2, 0) is 19.2 Å². The van der Waals surface area contributed by atoms with Crippen LogP contribution in [0.25, 0.3) is 10.8 Å². The van der Waals surface area contributed by atoms with Gasteiger partial charge in [-0.2, -0.15) is 9.98 Å². The highest BCUT2D eigenvalue weighted by Crippen LogP contribution is 2.31. The predicted molar refractivity (Wildman–Crippen MR) is 151 cm³/mol. The predicted octanol–water partition coefficient (Wildman–Crippen LogP) is 3.50. The zero-order valence-electron chi connectivity index (χ0n) is 22.6. The molecule has 2 aromatic carbocycles. The van der Waals surface area contributed by atoms with E-state index in [1.165, 1.54) is 24.3 Å². The van der Waals surface area contributed by atoms with Crippen LogP contribution in [0.4, 0.5) is 11.4 Å². The highest BCUT2D eigenvalue weighted by atomic mass is 16.3. The number of benzene rings is 2. The zero-order chi connectivity index (χ0) is 30.1. The minimum absolute atomic E-state index is 0.125. The lowest BCUT2D eigenvalue weighted by Gasteiger charge is -2.02. The zero-order valence-corrected chi connectivity index (χ0v) is 22.6. The molecule has 0 aliphatic heterocycles. The smallest absolute Gasteiger partial charge is 0.240 e. The van der Waals surface area contributed by atoms with Gasteiger partial charge in [-0.3, -0.25) is 0 Å². The van der Waals surface area contributed by atoms with Crippen molar-refractivity contribution < 1.29 is 39.6 Å². The number of carbonyl (C=O) groups excluding carboxylic acids is 4. The maximum atomic E-state index is 10.3. The first-order valence-corrected chi connectivity index (χ1v) is 12.8. The normalized spacial score (nSPS) is 8.90. The molecule has 0 heterocycles. The van der Waals surface area contributed by atoms with E-state index in [-0.39, 0.29) is 26.4 Å². The van der Waals surface area contributed by atoms with Crippen molar-refractivity contribution in [3.05, 3.63) is 36.4 Å². The van der Waals surface area contributed by atoms with Gasteiger partial charge in [-0.1, -0.05) is 49.9 Å². The average Bonchev–Trinajstić information content (AvgIpc) is 2.98. The van der Waals surface area contributed by atoms with Crippen LogP contribution in [-0.4, -0.2) is 84.3 Å². The number of nitrogens with zero attached hydrogens (tertiary/aromatic N) is 4. The summed E-state index contributed by atoms with van der Waals surface area (Å²) in [7, 11) is 0. The van der Waals surface area contributed by atoms with Crippen molar-refractivity contribution in [3.8, 4) is 0 Å². The molecule has 0 amide bonds. The maximum absolute atomic E-state index is 10.3. The SMILES string of the molecule is O=C=NCCCCCCN=C=O.O=C=Nc1cccc2c(N=C=O)cccc12.OCCCCCCO.OCCO. The van der Waals surface area contributed by atoms with E-state index in [0.717, 1.165) is 62.1 Å². The van der Waals surface area contributed by atoms with E-state index >= 15 is 0 Å². The lowest BCUT2D eigenvalue weighted by atomic mass is 10.1. The molecule has 4 N–H and O–H groups in total. The summed E-state index contributed by atoms with van der Waals surface area (Å²) >= 11 is 0. The van der Waals surface area contributed by atoms with Gasteiger partial charge in [0.2, 0.25) is 24.3 Å². The summed E-state index contributed by atoms with van der Waals surface area (Å²) in [6.07, 6.45) is 13.6. The molecule has 0 saturated heterocycles. The van der Waals surface area contributed by atoms with E-state index in [1.54, 1.807) is 36.4 Å². The minimum atomic E-state index is -0.125. The molecular weight excluding hydrogens is 520 g/mol. The fourth-order valence-corrected chi connectivity index (χ4v) is 2.97. The van der Waals surface area contributed by atoms with Gasteiger partial charge in [0.15, 0.2) is 0 Å². The molecule has 0 atom stereocenters. The Hall–Kier alpha value is -3.94. The van der Waals surface area contributed by atoms with Crippen LogP contribution in [0.2, 0.25) is 0 Å². The molecule has 12 heteroatoms. The van der Waals surface area contributed by atoms with E-state index in [1.807, 2.05) is 0 Å². The van der Waals surface area contributed by atoms with Gasteiger partial charge in [-0.15, -0.1) is 0 Å². The number of isocyanates is 4. The largest absolute Gasteiger partial charge is 0.396 e. The second kappa shape index (κ2) is 31.3. The standard InChI is InChI=1S/C12H6N2O2.C8H12N2O2.C6H14O2.C2H6O2/c15-7-13-11-5-1-3-9-10(11)4-2-6-12(9)14-8-16;11-7-9-5-3-1-2-4-6-10-8-12;7-5-3-1-2-4-6-8;3-1-2-4/h1-6H;1-6H2;7-8H,1-6H2;3-4H,1-2H2. The van der Waals surface area contributed by atoms with Gasteiger partial charge in [-0.05, 0) is 37.8 Å². The number of fused-ring (bicyclic) bond motifs is 1. The first kappa shape index (κ1) is 38.2. The molecule has 12 nitrogen and oxygen atoms in total. The number of aliphatic hydroxyl groups excluding tert-OH is 4. The van der Waals surface area contributed by atoms with Gasteiger partial charge in [0.1, 0.15) is 0 Å². The van der Waals surface area contributed by atoms with E-state index < -0.39 is 0 Å². The molecule has 0 bridgehead atoms. The quantitative estimate of drug-likeness (QED) is 0.145. The Labute approximate surface area is 233 Å². The van der Waals surface area contributed by atoms with Crippen LogP contribution in [0.5, 0.6) is 0 Å². The van der Waals surface area contributed by atoms with E-state index in [4.69, 9.17) is 20.4 Å². The number of aliphatic hydroxyl groups is 4. The van der Waals surface area contributed by atoms with Crippen LogP contribution in [0, 0.1) is 0 Å². The van der Waals surface area contributed by atoms with Gasteiger partial charge in [-0.25, -0.2) is 29.2 Å². The Balaban J connectivity index is 0. The molecule has 2 aromatic rings. The molecule has 0 unspecified atom stereocenters. The molecule has 0 aliphatic rings. The van der Waals surface area contributed by atoms with Gasteiger partial charge < -0.3 is 20.4 Å². The summed E-state index contributed by atoms with van der Waals surface area (Å²) in [5.74, 6) is 0. The molecule has 0 fully saturated rings. The second-order valence-electron chi connectivity index (χ2n) is 7.72. The van der Waals surface area contributed by atoms with Crippen molar-refractivity contribution in [2.45, 2.75) is 51.4 Å². The monoisotopic (exact) mass is 558 g/mol. The van der Waals surface area contributed by atoms with Crippen molar-refractivity contribution in [1.29, 1.82) is 0 Å². The Morgan fingerprint density at radius 3 is 1.15 bits per heavy atom. The van der Waals surface area contributed by atoms with Gasteiger partial charge in [0, 0.05) is 24.0 Å². The number of unbranched alkanes of at least 4 members (excludes halogenated alkanes) is 6. The summed E-state index contributed by atoms with van der Waals surface area (Å²) in [4.78, 5) is 53.8. The van der Waals surface area contributed by atoms with Crippen LogP contribution >= 0.6 is 0 Å². The Bertz CT molecular complexity index is 1020. The average molecular weight is 559 g/mol.